The summed E-state index contributed by atoms with van der Waals surface area (Å²) in [6, 6.07) is 9.22. The third kappa shape index (κ3) is 5.99. The topological polar surface area (TPSA) is 58.2 Å². The molecule has 1 amide bonds. The van der Waals surface area contributed by atoms with Crippen LogP contribution in [-0.4, -0.2) is 30.3 Å². The minimum Gasteiger partial charge on any atom is -0.344 e. The molecule has 1 rings (SSSR count). The lowest BCUT2D eigenvalue weighted by molar-refractivity contribution is -0.131. The molecule has 0 spiro atoms. The van der Waals surface area contributed by atoms with Gasteiger partial charge in [-0.3, -0.25) is 9.59 Å². The summed E-state index contributed by atoms with van der Waals surface area (Å²) in [6.07, 6.45) is 4.79. The van der Waals surface area contributed by atoms with Crippen LogP contribution in [-0.2, 0) is 16.0 Å². The molecule has 0 aliphatic carbocycles. The number of carbonyl (C=O) groups excluding carboxylic acids is 2. The number of Topliss-reactive ketones (excluding diaryl/α,β-unsaturated/α-hetero) is 1. The minimum atomic E-state index is -0.687. The van der Waals surface area contributed by atoms with Gasteiger partial charge in [-0.05, 0) is 52.1 Å². The van der Waals surface area contributed by atoms with Gasteiger partial charge >= 0.3 is 0 Å². The maximum atomic E-state index is 12.6. The van der Waals surface area contributed by atoms with Crippen LogP contribution in [0, 0.1) is 0 Å². The Bertz CT molecular complexity index is 527. The van der Waals surface area contributed by atoms with Crippen molar-refractivity contribution >= 4 is 11.7 Å². The highest BCUT2D eigenvalue weighted by atomic mass is 16.2. The molecule has 23 heavy (non-hydrogen) atoms. The number of hydrogen-bond donors (Lipinski definition) is 2. The molecule has 0 aliphatic heterocycles. The molecule has 2 N–H and O–H groups in total. The van der Waals surface area contributed by atoms with Crippen LogP contribution in [0.5, 0.6) is 0 Å². The van der Waals surface area contributed by atoms with E-state index in [1.807, 2.05) is 43.3 Å². The largest absolute Gasteiger partial charge is 0.344 e. The van der Waals surface area contributed by atoms with Crippen LogP contribution in [0.15, 0.2) is 43.0 Å². The van der Waals surface area contributed by atoms with Crippen molar-refractivity contribution in [2.24, 2.45) is 0 Å². The normalized spacial score (nSPS) is 14.6. The zero-order valence-electron chi connectivity index (χ0n) is 14.4. The maximum Gasteiger partial charge on any atom is 0.240 e. The number of carbonyl (C=O) groups is 2. The van der Waals surface area contributed by atoms with E-state index >= 15 is 0 Å². The fourth-order valence-electron chi connectivity index (χ4n) is 2.42. The fraction of sp³-hybridized carbons (Fsp3) is 0.474. The lowest BCUT2D eigenvalue weighted by Gasteiger charge is -2.30. The summed E-state index contributed by atoms with van der Waals surface area (Å²) >= 11 is 0. The van der Waals surface area contributed by atoms with Gasteiger partial charge in [0.05, 0.1) is 11.6 Å². The summed E-state index contributed by atoms with van der Waals surface area (Å²) in [6.45, 7) is 7.09. The molecule has 4 heteroatoms. The van der Waals surface area contributed by atoms with Crippen molar-refractivity contribution in [3.05, 3.63) is 48.6 Å². The van der Waals surface area contributed by atoms with E-state index < -0.39 is 11.6 Å². The number of amides is 1. The molecular formula is C19H28N2O2. The van der Waals surface area contributed by atoms with Crippen molar-refractivity contribution in [2.75, 3.05) is 7.05 Å². The van der Waals surface area contributed by atoms with Gasteiger partial charge in [0.2, 0.25) is 5.91 Å². The smallest absolute Gasteiger partial charge is 0.240 e. The lowest BCUT2D eigenvalue weighted by Crippen LogP contribution is -2.57. The van der Waals surface area contributed by atoms with Crippen molar-refractivity contribution in [2.45, 2.75) is 51.1 Å². The number of unbranched alkanes of at least 4 members (excludes halogenated alkanes) is 1. The predicted molar refractivity (Wildman–Crippen MR) is 94.3 cm³/mol. The Kier molecular flexibility index (Phi) is 7.69. The number of nitrogens with one attached hydrogen (secondary N) is 2. The van der Waals surface area contributed by atoms with Gasteiger partial charge in [-0.2, -0.15) is 0 Å². The SMILES string of the molecule is C=CCCC[C@](C)(NC)C(=O)N[C@@H](Cc1ccccc1)C(C)=O. The van der Waals surface area contributed by atoms with Crippen molar-refractivity contribution in [3.63, 3.8) is 0 Å². The second kappa shape index (κ2) is 9.26. The number of hydrogen-bond acceptors (Lipinski definition) is 3. The van der Waals surface area contributed by atoms with Crippen LogP contribution in [0.2, 0.25) is 0 Å². The van der Waals surface area contributed by atoms with Crippen LogP contribution in [0.25, 0.3) is 0 Å². The first kappa shape index (κ1) is 19.1. The molecule has 0 aromatic heterocycles. The van der Waals surface area contributed by atoms with Crippen LogP contribution in [0.4, 0.5) is 0 Å². The monoisotopic (exact) mass is 316 g/mol. The van der Waals surface area contributed by atoms with Gasteiger partial charge in [0, 0.05) is 0 Å². The van der Waals surface area contributed by atoms with Crippen molar-refractivity contribution in [3.8, 4) is 0 Å². The summed E-state index contributed by atoms with van der Waals surface area (Å²) in [5, 5.41) is 5.99. The van der Waals surface area contributed by atoms with Crippen molar-refractivity contribution in [1.82, 2.24) is 10.6 Å². The van der Waals surface area contributed by atoms with Crippen LogP contribution < -0.4 is 10.6 Å². The van der Waals surface area contributed by atoms with Gasteiger partial charge in [-0.25, -0.2) is 0 Å². The fourth-order valence-corrected chi connectivity index (χ4v) is 2.42. The Balaban J connectivity index is 2.75. The van der Waals surface area contributed by atoms with Crippen LogP contribution in [0.3, 0.4) is 0 Å². The second-order valence-corrected chi connectivity index (χ2v) is 6.09. The Labute approximate surface area is 139 Å². The first-order valence-electron chi connectivity index (χ1n) is 8.08. The average molecular weight is 316 g/mol. The number of allylic oxidation sites excluding steroid dienone is 1. The molecule has 0 heterocycles. The van der Waals surface area contributed by atoms with Gasteiger partial charge in [0.1, 0.15) is 0 Å². The number of ketones is 1. The molecule has 0 unspecified atom stereocenters. The molecule has 2 atom stereocenters. The number of likely N-dealkylation sites (N-methyl/N-ethyl adjacent to an activating group) is 1. The Morgan fingerprint density at radius 2 is 1.96 bits per heavy atom. The molecule has 1 aromatic rings. The summed E-state index contributed by atoms with van der Waals surface area (Å²) in [5.74, 6) is -0.174. The number of benzene rings is 1. The molecule has 0 radical (unpaired) electrons. The molecule has 126 valence electrons. The maximum absolute atomic E-state index is 12.6. The molecule has 1 aromatic carbocycles. The average Bonchev–Trinajstić information content (AvgIpc) is 2.55. The first-order chi connectivity index (χ1) is 10.9. The molecular weight excluding hydrogens is 288 g/mol. The predicted octanol–water partition coefficient (Wildman–Crippen LogP) is 2.64. The van der Waals surface area contributed by atoms with E-state index in [4.69, 9.17) is 0 Å². The summed E-state index contributed by atoms with van der Waals surface area (Å²) in [4.78, 5) is 24.6. The van der Waals surface area contributed by atoms with Gasteiger partial charge in [0.25, 0.3) is 0 Å². The zero-order chi connectivity index (χ0) is 17.3. The molecule has 0 saturated carbocycles. The van der Waals surface area contributed by atoms with E-state index in [1.165, 1.54) is 6.92 Å². The van der Waals surface area contributed by atoms with Gasteiger partial charge in [-0.15, -0.1) is 6.58 Å². The first-order valence-corrected chi connectivity index (χ1v) is 8.08. The molecule has 4 nitrogen and oxygen atoms in total. The van der Waals surface area contributed by atoms with E-state index in [1.54, 1.807) is 7.05 Å². The Morgan fingerprint density at radius 1 is 1.30 bits per heavy atom. The summed E-state index contributed by atoms with van der Waals surface area (Å²) < 4.78 is 0. The Morgan fingerprint density at radius 3 is 2.48 bits per heavy atom. The molecule has 0 fully saturated rings. The van der Waals surface area contributed by atoms with Gasteiger partial charge in [0.15, 0.2) is 5.78 Å². The molecule has 0 aliphatic rings. The van der Waals surface area contributed by atoms with Gasteiger partial charge in [-0.1, -0.05) is 36.4 Å². The highest BCUT2D eigenvalue weighted by Crippen LogP contribution is 2.15. The second-order valence-electron chi connectivity index (χ2n) is 6.09. The van der Waals surface area contributed by atoms with Crippen molar-refractivity contribution < 1.29 is 9.59 Å². The zero-order valence-corrected chi connectivity index (χ0v) is 14.4. The van der Waals surface area contributed by atoms with Crippen LogP contribution >= 0.6 is 0 Å². The minimum absolute atomic E-state index is 0.0354. The van der Waals surface area contributed by atoms with E-state index in [9.17, 15) is 9.59 Å². The van der Waals surface area contributed by atoms with E-state index in [0.29, 0.717) is 12.8 Å². The molecule has 0 bridgehead atoms. The van der Waals surface area contributed by atoms with E-state index in [0.717, 1.165) is 18.4 Å². The van der Waals surface area contributed by atoms with Crippen molar-refractivity contribution in [1.29, 1.82) is 0 Å². The number of rotatable bonds is 10. The van der Waals surface area contributed by atoms with E-state index in [2.05, 4.69) is 17.2 Å². The quantitative estimate of drug-likeness (QED) is 0.515. The molecule has 0 saturated heterocycles. The van der Waals surface area contributed by atoms with E-state index in [-0.39, 0.29) is 11.7 Å². The van der Waals surface area contributed by atoms with Crippen LogP contribution in [0.1, 0.15) is 38.7 Å². The Hall–Kier alpha value is -1.94. The standard InChI is InChI=1S/C19H28N2O2/c1-5-6-10-13-19(3,20-4)18(23)21-17(15(2)22)14-16-11-8-7-9-12-16/h5,7-9,11-12,17,20H,1,6,10,13-14H2,2-4H3,(H,21,23)/t17-,19-/m0/s1. The highest BCUT2D eigenvalue weighted by molar-refractivity contribution is 5.91. The van der Waals surface area contributed by atoms with Gasteiger partial charge < -0.3 is 10.6 Å². The third-order valence-corrected chi connectivity index (χ3v) is 4.22. The summed E-state index contributed by atoms with van der Waals surface area (Å²) in [5.41, 5.74) is 0.346. The lowest BCUT2D eigenvalue weighted by atomic mass is 9.92. The highest BCUT2D eigenvalue weighted by Gasteiger charge is 2.32. The third-order valence-electron chi connectivity index (χ3n) is 4.22. The summed E-state index contributed by atoms with van der Waals surface area (Å²) in [7, 11) is 1.77.